The Balaban J connectivity index is 1.76. The highest BCUT2D eigenvalue weighted by Crippen LogP contribution is 2.18. The first-order valence-corrected chi connectivity index (χ1v) is 6.93. The Morgan fingerprint density at radius 1 is 1.10 bits per heavy atom. The van der Waals surface area contributed by atoms with Crippen molar-refractivity contribution in [2.45, 2.75) is 19.1 Å². The van der Waals surface area contributed by atoms with Crippen LogP contribution in [-0.2, 0) is 13.0 Å². The number of fused-ring (bicyclic) bond motifs is 1. The molecule has 0 saturated heterocycles. The largest absolute Gasteiger partial charge is 0.391 e. The van der Waals surface area contributed by atoms with E-state index in [-0.39, 0.29) is 0 Å². The van der Waals surface area contributed by atoms with Crippen LogP contribution in [0, 0.1) is 0 Å². The molecule has 0 aliphatic carbocycles. The molecule has 1 atom stereocenters. The van der Waals surface area contributed by atoms with Gasteiger partial charge in [0.1, 0.15) is 0 Å². The number of aromatic nitrogens is 2. The number of aliphatic hydroxyl groups is 1. The first-order chi connectivity index (χ1) is 9.74. The normalized spacial score (nSPS) is 12.7. The Labute approximate surface area is 122 Å². The summed E-state index contributed by atoms with van der Waals surface area (Å²) >= 11 is 6.11. The molecular weight excluding hydrogens is 272 g/mol. The number of aliphatic hydroxyl groups excluding tert-OH is 1. The molecule has 1 heterocycles. The number of nitrogens with zero attached hydrogens (tertiary/aromatic N) is 2. The molecule has 3 aromatic rings. The van der Waals surface area contributed by atoms with Crippen LogP contribution in [0.25, 0.3) is 11.0 Å². The molecular formula is C16H15ClN2O. The number of benzene rings is 2. The molecule has 1 N–H and O–H groups in total. The summed E-state index contributed by atoms with van der Waals surface area (Å²) in [6.07, 6.45) is 1.81. The van der Waals surface area contributed by atoms with Crippen molar-refractivity contribution in [3.63, 3.8) is 0 Å². The zero-order valence-corrected chi connectivity index (χ0v) is 11.7. The minimum Gasteiger partial charge on any atom is -0.391 e. The Morgan fingerprint density at radius 3 is 2.70 bits per heavy atom. The van der Waals surface area contributed by atoms with E-state index < -0.39 is 6.10 Å². The molecule has 3 nitrogen and oxygen atoms in total. The number of para-hydroxylation sites is 2. The second-order valence-corrected chi connectivity index (χ2v) is 5.24. The van der Waals surface area contributed by atoms with E-state index in [0.29, 0.717) is 18.0 Å². The van der Waals surface area contributed by atoms with Gasteiger partial charge >= 0.3 is 0 Å². The fourth-order valence-corrected chi connectivity index (χ4v) is 2.58. The molecule has 20 heavy (non-hydrogen) atoms. The molecule has 0 spiro atoms. The maximum absolute atomic E-state index is 10.3. The van der Waals surface area contributed by atoms with Gasteiger partial charge in [-0.2, -0.15) is 0 Å². The third-order valence-electron chi connectivity index (χ3n) is 3.35. The van der Waals surface area contributed by atoms with Crippen LogP contribution < -0.4 is 0 Å². The average Bonchev–Trinajstić information content (AvgIpc) is 2.85. The van der Waals surface area contributed by atoms with Gasteiger partial charge in [-0.05, 0) is 23.8 Å². The number of hydrogen-bond acceptors (Lipinski definition) is 2. The summed E-state index contributed by atoms with van der Waals surface area (Å²) in [5.74, 6) is 0. The fourth-order valence-electron chi connectivity index (χ4n) is 2.37. The molecule has 0 aliphatic rings. The first kappa shape index (κ1) is 13.2. The van der Waals surface area contributed by atoms with Crippen LogP contribution in [-0.4, -0.2) is 20.8 Å². The number of hydrogen-bond donors (Lipinski definition) is 1. The van der Waals surface area contributed by atoms with E-state index in [9.17, 15) is 5.11 Å². The van der Waals surface area contributed by atoms with Gasteiger partial charge in [-0.1, -0.05) is 41.9 Å². The molecule has 3 rings (SSSR count). The molecule has 0 radical (unpaired) electrons. The molecule has 102 valence electrons. The van der Waals surface area contributed by atoms with Crippen molar-refractivity contribution in [2.24, 2.45) is 0 Å². The molecule has 1 unspecified atom stereocenters. The van der Waals surface area contributed by atoms with E-state index in [0.717, 1.165) is 16.6 Å². The van der Waals surface area contributed by atoms with Crippen molar-refractivity contribution in [3.8, 4) is 0 Å². The minimum atomic E-state index is -0.493. The standard InChI is InChI=1S/C16H15ClN2O/c17-14-6-2-1-5-12(14)9-13(20)10-19-11-18-15-7-3-4-8-16(15)19/h1-8,11,13,20H,9-10H2. The molecule has 2 aromatic carbocycles. The second-order valence-electron chi connectivity index (χ2n) is 4.84. The highest BCUT2D eigenvalue weighted by molar-refractivity contribution is 6.31. The van der Waals surface area contributed by atoms with E-state index in [4.69, 9.17) is 11.6 Å². The van der Waals surface area contributed by atoms with Crippen molar-refractivity contribution in [1.82, 2.24) is 9.55 Å². The third-order valence-corrected chi connectivity index (χ3v) is 3.72. The lowest BCUT2D eigenvalue weighted by Crippen LogP contribution is -2.18. The summed E-state index contributed by atoms with van der Waals surface area (Å²) in [5.41, 5.74) is 2.94. The van der Waals surface area contributed by atoms with E-state index in [1.54, 1.807) is 6.33 Å². The molecule has 1 aromatic heterocycles. The lowest BCUT2D eigenvalue weighted by Gasteiger charge is -2.13. The van der Waals surface area contributed by atoms with Crippen LogP contribution >= 0.6 is 11.6 Å². The van der Waals surface area contributed by atoms with Crippen molar-refractivity contribution in [2.75, 3.05) is 0 Å². The molecule has 4 heteroatoms. The van der Waals surface area contributed by atoms with Crippen molar-refractivity contribution in [1.29, 1.82) is 0 Å². The molecule has 0 amide bonds. The van der Waals surface area contributed by atoms with Crippen LogP contribution in [0.2, 0.25) is 5.02 Å². The summed E-state index contributed by atoms with van der Waals surface area (Å²) < 4.78 is 1.97. The SMILES string of the molecule is OC(Cc1ccccc1Cl)Cn1cnc2ccccc21. The van der Waals surface area contributed by atoms with E-state index in [2.05, 4.69) is 4.98 Å². The predicted octanol–water partition coefficient (Wildman–Crippen LogP) is 3.29. The van der Waals surface area contributed by atoms with E-state index in [1.807, 2.05) is 53.1 Å². The fraction of sp³-hybridized carbons (Fsp3) is 0.188. The maximum Gasteiger partial charge on any atom is 0.0959 e. The van der Waals surface area contributed by atoms with Crippen molar-refractivity contribution >= 4 is 22.6 Å². The van der Waals surface area contributed by atoms with Crippen LogP contribution in [0.3, 0.4) is 0 Å². The highest BCUT2D eigenvalue weighted by Gasteiger charge is 2.10. The van der Waals surface area contributed by atoms with Crippen LogP contribution in [0.5, 0.6) is 0 Å². The lowest BCUT2D eigenvalue weighted by atomic mass is 10.1. The van der Waals surface area contributed by atoms with Gasteiger partial charge in [0.15, 0.2) is 0 Å². The topological polar surface area (TPSA) is 38.0 Å². The Morgan fingerprint density at radius 2 is 1.85 bits per heavy atom. The average molecular weight is 287 g/mol. The Hall–Kier alpha value is -1.84. The first-order valence-electron chi connectivity index (χ1n) is 6.55. The van der Waals surface area contributed by atoms with Crippen molar-refractivity contribution < 1.29 is 5.11 Å². The summed E-state index contributed by atoms with van der Waals surface area (Å²) in [6, 6.07) is 15.5. The number of rotatable bonds is 4. The van der Waals surface area contributed by atoms with Crippen LogP contribution in [0.1, 0.15) is 5.56 Å². The monoisotopic (exact) mass is 286 g/mol. The summed E-state index contributed by atoms with van der Waals surface area (Å²) in [6.45, 7) is 0.506. The molecule has 0 saturated carbocycles. The zero-order valence-electron chi connectivity index (χ0n) is 10.9. The van der Waals surface area contributed by atoms with Crippen LogP contribution in [0.15, 0.2) is 54.9 Å². The molecule has 0 bridgehead atoms. The van der Waals surface area contributed by atoms with Gasteiger partial charge in [-0.25, -0.2) is 4.98 Å². The van der Waals surface area contributed by atoms with Gasteiger partial charge in [0.25, 0.3) is 0 Å². The van der Waals surface area contributed by atoms with Crippen molar-refractivity contribution in [3.05, 3.63) is 65.4 Å². The third kappa shape index (κ3) is 2.69. The van der Waals surface area contributed by atoms with Gasteiger partial charge in [0.2, 0.25) is 0 Å². The van der Waals surface area contributed by atoms with E-state index in [1.165, 1.54) is 0 Å². The Kier molecular flexibility index (Phi) is 3.72. The summed E-state index contributed by atoms with van der Waals surface area (Å²) in [4.78, 5) is 4.32. The van der Waals surface area contributed by atoms with Gasteiger partial charge in [-0.3, -0.25) is 0 Å². The molecule has 0 fully saturated rings. The summed E-state index contributed by atoms with van der Waals surface area (Å²) in [5, 5.41) is 10.9. The summed E-state index contributed by atoms with van der Waals surface area (Å²) in [7, 11) is 0. The van der Waals surface area contributed by atoms with Gasteiger partial charge < -0.3 is 9.67 Å². The second kappa shape index (κ2) is 5.65. The zero-order chi connectivity index (χ0) is 13.9. The van der Waals surface area contributed by atoms with Crippen LogP contribution in [0.4, 0.5) is 0 Å². The molecule has 0 aliphatic heterocycles. The highest BCUT2D eigenvalue weighted by atomic mass is 35.5. The smallest absolute Gasteiger partial charge is 0.0959 e. The quantitative estimate of drug-likeness (QED) is 0.799. The van der Waals surface area contributed by atoms with Gasteiger partial charge in [0.05, 0.1) is 30.0 Å². The number of halogens is 1. The van der Waals surface area contributed by atoms with E-state index >= 15 is 0 Å². The van der Waals surface area contributed by atoms with Gasteiger partial charge in [-0.15, -0.1) is 0 Å². The Bertz CT molecular complexity index is 723. The number of imidazole rings is 1. The predicted molar refractivity (Wildman–Crippen MR) is 80.9 cm³/mol. The maximum atomic E-state index is 10.3. The van der Waals surface area contributed by atoms with Gasteiger partial charge in [0, 0.05) is 11.4 Å². The minimum absolute atomic E-state index is 0.493. The lowest BCUT2D eigenvalue weighted by molar-refractivity contribution is 0.155.